The zero-order chi connectivity index (χ0) is 43.6. The summed E-state index contributed by atoms with van der Waals surface area (Å²) >= 11 is 12.6. The molecule has 0 bridgehead atoms. The van der Waals surface area contributed by atoms with Crippen LogP contribution in [0.2, 0.25) is 10.0 Å². The number of nitrogens with one attached hydrogen (secondary N) is 2. The highest BCUT2D eigenvalue weighted by molar-refractivity contribution is 7.90. The lowest BCUT2D eigenvalue weighted by Gasteiger charge is -2.34. The van der Waals surface area contributed by atoms with Crippen molar-refractivity contribution in [3.05, 3.63) is 110 Å². The largest absolute Gasteiger partial charge is 0.511 e. The van der Waals surface area contributed by atoms with E-state index in [2.05, 4.69) is 10.6 Å². The van der Waals surface area contributed by atoms with Crippen LogP contribution in [0.4, 0.5) is 23.7 Å². The summed E-state index contributed by atoms with van der Waals surface area (Å²) in [4.78, 5) is 26.4. The van der Waals surface area contributed by atoms with Gasteiger partial charge in [0.05, 0.1) is 11.1 Å². The number of alkyl carbamates (subject to hydrolysis) is 1. The van der Waals surface area contributed by atoms with Crippen LogP contribution in [0, 0.1) is 0 Å². The summed E-state index contributed by atoms with van der Waals surface area (Å²) in [6.07, 6.45) is 0.661. The van der Waals surface area contributed by atoms with Gasteiger partial charge in [-0.1, -0.05) is 53.5 Å². The molecule has 4 aromatic rings. The van der Waals surface area contributed by atoms with Crippen LogP contribution in [0.15, 0.2) is 77.6 Å². The van der Waals surface area contributed by atoms with E-state index in [-0.39, 0.29) is 37.4 Å². The number of aromatic nitrogens is 1. The first-order chi connectivity index (χ1) is 27.4. The third kappa shape index (κ3) is 11.7. The zero-order valence-corrected chi connectivity index (χ0v) is 36.7. The van der Waals surface area contributed by atoms with Crippen molar-refractivity contribution in [2.45, 2.75) is 108 Å². The van der Waals surface area contributed by atoms with Crippen LogP contribution < -0.4 is 16.2 Å². The topological polar surface area (TPSA) is 119 Å². The molecule has 1 fully saturated rings. The van der Waals surface area contributed by atoms with Crippen molar-refractivity contribution < 1.29 is 35.9 Å². The number of piperidine rings is 1. The molecule has 0 unspecified atom stereocenters. The number of pyridine rings is 1. The molecule has 0 radical (unpaired) electrons. The summed E-state index contributed by atoms with van der Waals surface area (Å²) in [5, 5.41) is 8.03. The Morgan fingerprint density at radius 3 is 1.90 bits per heavy atom. The summed E-state index contributed by atoms with van der Waals surface area (Å²) in [5.41, 5.74) is -3.75. The number of halogens is 5. The maximum absolute atomic E-state index is 14.2. The minimum Gasteiger partial charge on any atom is -0.444 e. The molecule has 5 rings (SSSR count). The molecule has 2 N–H and O–H groups in total. The smallest absolute Gasteiger partial charge is 0.444 e. The van der Waals surface area contributed by atoms with E-state index >= 15 is 0 Å². The first-order valence-corrected chi connectivity index (χ1v) is 21.7. The maximum atomic E-state index is 14.2. The second-order valence-electron chi connectivity index (χ2n) is 17.2. The monoisotopic (exact) mass is 880 g/mol. The van der Waals surface area contributed by atoms with Gasteiger partial charge >= 0.3 is 21.6 Å². The van der Waals surface area contributed by atoms with Gasteiger partial charge in [-0.15, -0.1) is 0 Å². The highest BCUT2D eigenvalue weighted by Gasteiger charge is 2.50. The van der Waals surface area contributed by atoms with E-state index in [9.17, 15) is 31.2 Å². The molecule has 10 nitrogen and oxygen atoms in total. The van der Waals surface area contributed by atoms with E-state index in [0.29, 0.717) is 56.9 Å². The van der Waals surface area contributed by atoms with Gasteiger partial charge in [0.1, 0.15) is 5.60 Å². The van der Waals surface area contributed by atoms with Crippen LogP contribution in [0.3, 0.4) is 0 Å². The lowest BCUT2D eigenvalue weighted by Crippen LogP contribution is -2.47. The fraction of sp³-hybridized carbons (Fsp3) is 0.488. The number of carbonyl (C=O) groups is 1. The van der Waals surface area contributed by atoms with Crippen LogP contribution in [-0.2, 0) is 25.0 Å². The van der Waals surface area contributed by atoms with Gasteiger partial charge in [0.2, 0.25) is 0 Å². The molecule has 322 valence electrons. The number of ether oxygens (including phenoxy) is 2. The number of carbonyl (C=O) groups excluding carboxylic acids is 1. The number of alkyl halides is 3. The second kappa shape index (κ2) is 18.0. The van der Waals surface area contributed by atoms with Crippen molar-refractivity contribution in [3.63, 3.8) is 0 Å². The Hall–Kier alpha value is -3.82. The molecule has 0 aliphatic carbocycles. The van der Waals surface area contributed by atoms with Crippen LogP contribution in [0.1, 0.15) is 96.8 Å². The van der Waals surface area contributed by atoms with E-state index in [4.69, 9.17) is 32.7 Å². The standard InChI is InChI=1S/C43H53Cl2F3N4O6S/c1-40(2,3)58-39(54)49-22-20-42(6,7)57-25-21-41(4,5)52-36-17-12-30(38(28-8-13-31(44)14-9-28)29-10-15-32(45)16-11-29)26-34(36)35(27-37(52)53)50-33-18-23-51(24-19-33)59(55,56)43(46,47)48/h8-17,26-27,33,38,50H,18-25H2,1-7H3,(H,49,54). The molecule has 59 heavy (non-hydrogen) atoms. The Morgan fingerprint density at radius 1 is 0.831 bits per heavy atom. The normalized spacial score (nSPS) is 15.1. The van der Waals surface area contributed by atoms with E-state index in [1.807, 2.05) is 94.4 Å². The van der Waals surface area contributed by atoms with E-state index in [1.165, 1.54) is 6.07 Å². The molecule has 1 aliphatic rings. The minimum absolute atomic E-state index is 0.101. The zero-order valence-electron chi connectivity index (χ0n) is 34.4. The lowest BCUT2D eigenvalue weighted by atomic mass is 9.84. The van der Waals surface area contributed by atoms with Crippen LogP contribution >= 0.6 is 23.2 Å². The van der Waals surface area contributed by atoms with Gasteiger partial charge in [-0.05, 0) is 127 Å². The average molecular weight is 882 g/mol. The third-order valence-electron chi connectivity index (χ3n) is 10.4. The number of anilines is 1. The molecular weight excluding hydrogens is 828 g/mol. The molecule has 1 saturated heterocycles. The Labute approximate surface area is 354 Å². The van der Waals surface area contributed by atoms with Gasteiger partial charge in [0.15, 0.2) is 0 Å². The molecular formula is C43H53Cl2F3N4O6S. The molecule has 1 amide bonds. The summed E-state index contributed by atoms with van der Waals surface area (Å²) in [6, 6.07) is 22.1. The molecule has 16 heteroatoms. The third-order valence-corrected chi connectivity index (χ3v) is 12.6. The fourth-order valence-corrected chi connectivity index (χ4v) is 8.54. The number of fused-ring (bicyclic) bond motifs is 1. The molecule has 3 aromatic carbocycles. The first kappa shape index (κ1) is 46.2. The van der Waals surface area contributed by atoms with Gasteiger partial charge < -0.3 is 24.7 Å². The first-order valence-electron chi connectivity index (χ1n) is 19.5. The minimum atomic E-state index is -5.46. The van der Waals surface area contributed by atoms with Crippen molar-refractivity contribution in [2.75, 3.05) is 31.6 Å². The van der Waals surface area contributed by atoms with Crippen LogP contribution in [0.5, 0.6) is 0 Å². The Kier molecular flexibility index (Phi) is 14.1. The van der Waals surface area contributed by atoms with E-state index < -0.39 is 44.4 Å². The van der Waals surface area contributed by atoms with E-state index in [0.717, 1.165) is 16.7 Å². The predicted molar refractivity (Wildman–Crippen MR) is 228 cm³/mol. The molecule has 1 aliphatic heterocycles. The second-order valence-corrected chi connectivity index (χ2v) is 20.0. The molecule has 2 heterocycles. The molecule has 0 spiro atoms. The summed E-state index contributed by atoms with van der Waals surface area (Å²) in [5.74, 6) is -0.272. The summed E-state index contributed by atoms with van der Waals surface area (Å²) < 4.78 is 78.1. The SMILES string of the molecule is CC(C)(C)OC(=O)NCCC(C)(C)OCCC(C)(C)n1c(=O)cc(NC2CCN(S(=O)(=O)C(F)(F)F)CC2)c2cc(C(c3ccc(Cl)cc3)c3ccc(Cl)cc3)ccc21. The highest BCUT2D eigenvalue weighted by Crippen LogP contribution is 2.38. The van der Waals surface area contributed by atoms with Gasteiger partial charge in [0.25, 0.3) is 5.56 Å². The van der Waals surface area contributed by atoms with Crippen LogP contribution in [0.25, 0.3) is 10.9 Å². The van der Waals surface area contributed by atoms with Crippen molar-refractivity contribution in [1.82, 2.24) is 14.2 Å². The Morgan fingerprint density at radius 2 is 1.37 bits per heavy atom. The number of hydrogen-bond donors (Lipinski definition) is 2. The van der Waals surface area contributed by atoms with Gasteiger partial charge in [0, 0.05) is 70.9 Å². The quantitative estimate of drug-likeness (QED) is 0.121. The average Bonchev–Trinajstić information content (AvgIpc) is 3.12. The van der Waals surface area contributed by atoms with Crippen molar-refractivity contribution in [2.24, 2.45) is 0 Å². The van der Waals surface area contributed by atoms with Gasteiger partial charge in [-0.25, -0.2) is 13.2 Å². The highest BCUT2D eigenvalue weighted by atomic mass is 35.5. The maximum Gasteiger partial charge on any atom is 0.511 e. The molecule has 0 saturated carbocycles. The number of hydrogen-bond acceptors (Lipinski definition) is 7. The van der Waals surface area contributed by atoms with Crippen molar-refractivity contribution in [1.29, 1.82) is 0 Å². The fourth-order valence-electron chi connectivity index (χ4n) is 7.31. The van der Waals surface area contributed by atoms with Crippen LogP contribution in [-0.4, -0.2) is 72.4 Å². The summed E-state index contributed by atoms with van der Waals surface area (Å²) in [7, 11) is -5.46. The Bertz CT molecular complexity index is 2220. The number of rotatable bonds is 14. The number of sulfonamides is 1. The Balaban J connectivity index is 1.48. The molecule has 1 aromatic heterocycles. The number of benzene rings is 3. The van der Waals surface area contributed by atoms with Gasteiger partial charge in [-0.2, -0.15) is 17.5 Å². The van der Waals surface area contributed by atoms with Crippen molar-refractivity contribution >= 4 is 55.9 Å². The number of amides is 1. The predicted octanol–water partition coefficient (Wildman–Crippen LogP) is 10.0. The van der Waals surface area contributed by atoms with Gasteiger partial charge in [-0.3, -0.25) is 4.79 Å². The summed E-state index contributed by atoms with van der Waals surface area (Å²) in [6.45, 7) is 13.2. The van der Waals surface area contributed by atoms with Crippen molar-refractivity contribution in [3.8, 4) is 0 Å². The number of nitrogens with zero attached hydrogens (tertiary/aromatic N) is 2. The molecule has 0 atom stereocenters. The van der Waals surface area contributed by atoms with E-state index in [1.54, 1.807) is 25.3 Å². The lowest BCUT2D eigenvalue weighted by molar-refractivity contribution is -0.0494.